The third-order valence-electron chi connectivity index (χ3n) is 5.76. The lowest BCUT2D eigenvalue weighted by Gasteiger charge is -2.25. The molecular formula is C27H25NO4. The Hall–Kier alpha value is -3.86. The Kier molecular flexibility index (Phi) is 6.08. The average molecular weight is 428 g/mol. The van der Waals surface area contributed by atoms with Gasteiger partial charge in [-0.1, -0.05) is 72.3 Å². The highest BCUT2D eigenvalue weighted by Crippen LogP contribution is 2.40. The molecule has 32 heavy (non-hydrogen) atoms. The Morgan fingerprint density at radius 1 is 0.969 bits per heavy atom. The lowest BCUT2D eigenvalue weighted by molar-refractivity contribution is -0.139. The molecule has 0 saturated carbocycles. The second kappa shape index (κ2) is 9.10. The minimum Gasteiger partial charge on any atom is -0.507 e. The number of hydrogen-bond donors (Lipinski definition) is 1. The molecule has 0 spiro atoms. The summed E-state index contributed by atoms with van der Waals surface area (Å²) in [4.78, 5) is 27.7. The Labute approximate surface area is 187 Å². The molecule has 1 fully saturated rings. The molecule has 4 rings (SSSR count). The predicted molar refractivity (Wildman–Crippen MR) is 123 cm³/mol. The predicted octanol–water partition coefficient (Wildman–Crippen LogP) is 4.67. The van der Waals surface area contributed by atoms with Crippen LogP contribution in [0.2, 0.25) is 0 Å². The van der Waals surface area contributed by atoms with Crippen LogP contribution in [0.15, 0.2) is 84.4 Å². The lowest BCUT2D eigenvalue weighted by atomic mass is 9.94. The van der Waals surface area contributed by atoms with Crippen molar-refractivity contribution in [3.63, 3.8) is 0 Å². The van der Waals surface area contributed by atoms with Crippen molar-refractivity contribution >= 4 is 17.4 Å². The molecule has 1 unspecified atom stereocenters. The number of benzene rings is 3. The molecule has 1 heterocycles. The third kappa shape index (κ3) is 4.14. The summed E-state index contributed by atoms with van der Waals surface area (Å²) in [7, 11) is 1.57. The Morgan fingerprint density at radius 2 is 1.69 bits per heavy atom. The maximum Gasteiger partial charge on any atom is 0.295 e. The molecular weight excluding hydrogens is 402 g/mol. The Bertz CT molecular complexity index is 1170. The second-order valence-corrected chi connectivity index (χ2v) is 7.87. The molecule has 5 nitrogen and oxygen atoms in total. The van der Waals surface area contributed by atoms with Crippen molar-refractivity contribution in [2.75, 3.05) is 13.7 Å². The first-order valence-corrected chi connectivity index (χ1v) is 10.5. The largest absolute Gasteiger partial charge is 0.507 e. The van der Waals surface area contributed by atoms with E-state index >= 15 is 0 Å². The standard InChI is InChI=1S/C27H25NO4/c1-18-11-13-20(14-12-18)25(29)23-24(21-9-6-10-22(17-21)32-2)28(27(31)26(23)30)16-15-19-7-4-3-5-8-19/h3-14,17,24,29H,15-16H2,1-2H3/b25-23+. The number of ketones is 1. The Morgan fingerprint density at radius 3 is 2.38 bits per heavy atom. The fourth-order valence-corrected chi connectivity index (χ4v) is 4.03. The van der Waals surface area contributed by atoms with E-state index < -0.39 is 17.7 Å². The van der Waals surface area contributed by atoms with Crippen LogP contribution in [0.4, 0.5) is 0 Å². The molecule has 3 aromatic carbocycles. The highest BCUT2D eigenvalue weighted by Gasteiger charge is 2.45. The number of aliphatic hydroxyl groups is 1. The monoisotopic (exact) mass is 427 g/mol. The molecule has 1 aliphatic heterocycles. The summed E-state index contributed by atoms with van der Waals surface area (Å²) in [6.07, 6.45) is 0.596. The van der Waals surface area contributed by atoms with Gasteiger partial charge in [0, 0.05) is 12.1 Å². The SMILES string of the molecule is COc1cccc(C2/C(=C(\O)c3ccc(C)cc3)C(=O)C(=O)N2CCc2ccccc2)c1. The van der Waals surface area contributed by atoms with E-state index in [-0.39, 0.29) is 11.3 Å². The summed E-state index contributed by atoms with van der Waals surface area (Å²) in [6, 6.07) is 23.6. The molecule has 0 radical (unpaired) electrons. The molecule has 0 aliphatic carbocycles. The van der Waals surface area contributed by atoms with Gasteiger partial charge >= 0.3 is 0 Å². The van der Waals surface area contributed by atoms with E-state index in [4.69, 9.17) is 4.74 Å². The van der Waals surface area contributed by atoms with Gasteiger partial charge in [0.15, 0.2) is 0 Å². The lowest BCUT2D eigenvalue weighted by Crippen LogP contribution is -2.31. The van der Waals surface area contributed by atoms with Crippen molar-refractivity contribution in [2.45, 2.75) is 19.4 Å². The van der Waals surface area contributed by atoms with Gasteiger partial charge in [-0.15, -0.1) is 0 Å². The van der Waals surface area contributed by atoms with Crippen molar-refractivity contribution < 1.29 is 19.4 Å². The van der Waals surface area contributed by atoms with Crippen LogP contribution in [0.3, 0.4) is 0 Å². The normalized spacial score (nSPS) is 17.6. The highest BCUT2D eigenvalue weighted by molar-refractivity contribution is 6.46. The first kappa shape index (κ1) is 21.4. The highest BCUT2D eigenvalue weighted by atomic mass is 16.5. The zero-order valence-electron chi connectivity index (χ0n) is 18.1. The van der Waals surface area contributed by atoms with E-state index in [1.165, 1.54) is 0 Å². The number of Topliss-reactive ketones (excluding diaryl/α,β-unsaturated/α-hetero) is 1. The van der Waals surface area contributed by atoms with E-state index in [1.54, 1.807) is 36.3 Å². The molecule has 1 N–H and O–H groups in total. The van der Waals surface area contributed by atoms with Gasteiger partial charge in [0.1, 0.15) is 11.5 Å². The number of aliphatic hydroxyl groups excluding tert-OH is 1. The first-order chi connectivity index (χ1) is 15.5. The van der Waals surface area contributed by atoms with E-state index in [9.17, 15) is 14.7 Å². The van der Waals surface area contributed by atoms with E-state index in [0.29, 0.717) is 29.8 Å². The molecule has 0 bridgehead atoms. The number of ether oxygens (including phenoxy) is 1. The molecule has 1 saturated heterocycles. The molecule has 3 aromatic rings. The third-order valence-corrected chi connectivity index (χ3v) is 5.76. The maximum atomic E-state index is 13.1. The number of likely N-dealkylation sites (tertiary alicyclic amines) is 1. The molecule has 162 valence electrons. The van der Waals surface area contributed by atoms with Crippen molar-refractivity contribution in [1.29, 1.82) is 0 Å². The van der Waals surface area contributed by atoms with Crippen LogP contribution in [0, 0.1) is 6.92 Å². The van der Waals surface area contributed by atoms with Gasteiger partial charge in [-0.3, -0.25) is 9.59 Å². The van der Waals surface area contributed by atoms with Gasteiger partial charge in [0.05, 0.1) is 18.7 Å². The van der Waals surface area contributed by atoms with Crippen LogP contribution in [-0.4, -0.2) is 35.4 Å². The van der Waals surface area contributed by atoms with Crippen LogP contribution in [0.1, 0.15) is 28.3 Å². The average Bonchev–Trinajstić information content (AvgIpc) is 3.08. The van der Waals surface area contributed by atoms with Crippen LogP contribution in [0.5, 0.6) is 5.75 Å². The van der Waals surface area contributed by atoms with Gasteiger partial charge in [-0.25, -0.2) is 0 Å². The van der Waals surface area contributed by atoms with Gasteiger partial charge in [0.25, 0.3) is 11.7 Å². The number of amides is 1. The van der Waals surface area contributed by atoms with Crippen molar-refractivity contribution in [3.05, 3.63) is 107 Å². The molecule has 1 amide bonds. The summed E-state index contributed by atoms with van der Waals surface area (Å²) in [5.74, 6) is -0.837. The van der Waals surface area contributed by atoms with Gasteiger partial charge in [0.2, 0.25) is 0 Å². The number of nitrogens with zero attached hydrogens (tertiary/aromatic N) is 1. The number of rotatable bonds is 6. The van der Waals surface area contributed by atoms with Crippen LogP contribution in [-0.2, 0) is 16.0 Å². The summed E-state index contributed by atoms with van der Waals surface area (Å²) in [5.41, 5.74) is 3.42. The zero-order chi connectivity index (χ0) is 22.7. The number of aryl methyl sites for hydroxylation is 1. The summed E-state index contributed by atoms with van der Waals surface area (Å²) < 4.78 is 5.36. The molecule has 1 aliphatic rings. The quantitative estimate of drug-likeness (QED) is 0.353. The topological polar surface area (TPSA) is 66.8 Å². The molecule has 0 aromatic heterocycles. The van der Waals surface area contributed by atoms with Crippen LogP contribution in [0.25, 0.3) is 5.76 Å². The minimum absolute atomic E-state index is 0.0974. The summed E-state index contributed by atoms with van der Waals surface area (Å²) >= 11 is 0. The van der Waals surface area contributed by atoms with Crippen LogP contribution < -0.4 is 4.74 Å². The number of methoxy groups -OCH3 is 1. The Balaban J connectivity index is 1.80. The van der Waals surface area contributed by atoms with Gasteiger partial charge in [-0.2, -0.15) is 0 Å². The van der Waals surface area contributed by atoms with E-state index in [2.05, 4.69) is 0 Å². The summed E-state index contributed by atoms with van der Waals surface area (Å²) in [5, 5.41) is 11.1. The van der Waals surface area contributed by atoms with Crippen molar-refractivity contribution in [2.24, 2.45) is 0 Å². The first-order valence-electron chi connectivity index (χ1n) is 10.5. The minimum atomic E-state index is -0.699. The van der Waals surface area contributed by atoms with E-state index in [0.717, 1.165) is 11.1 Å². The fraction of sp³-hybridized carbons (Fsp3) is 0.185. The van der Waals surface area contributed by atoms with Crippen molar-refractivity contribution in [3.8, 4) is 5.75 Å². The number of carbonyl (C=O) groups excluding carboxylic acids is 2. The molecule has 1 atom stereocenters. The number of carbonyl (C=O) groups is 2. The smallest absolute Gasteiger partial charge is 0.295 e. The fourth-order valence-electron chi connectivity index (χ4n) is 4.03. The van der Waals surface area contributed by atoms with E-state index in [1.807, 2.05) is 61.5 Å². The second-order valence-electron chi connectivity index (χ2n) is 7.87. The summed E-state index contributed by atoms with van der Waals surface area (Å²) in [6.45, 7) is 2.30. The molecule has 5 heteroatoms. The maximum absolute atomic E-state index is 13.1. The zero-order valence-corrected chi connectivity index (χ0v) is 18.1. The van der Waals surface area contributed by atoms with Crippen LogP contribution >= 0.6 is 0 Å². The van der Waals surface area contributed by atoms with Gasteiger partial charge < -0.3 is 14.7 Å². The number of hydrogen-bond acceptors (Lipinski definition) is 4. The van der Waals surface area contributed by atoms with Crippen molar-refractivity contribution in [1.82, 2.24) is 4.90 Å². The van der Waals surface area contributed by atoms with Gasteiger partial charge in [-0.05, 0) is 36.6 Å².